The smallest absolute Gasteiger partial charge is 0.283 e. The summed E-state index contributed by atoms with van der Waals surface area (Å²) >= 11 is 12.3. The van der Waals surface area contributed by atoms with Gasteiger partial charge in [-0.2, -0.15) is 0 Å². The molecule has 8 nitrogen and oxygen atoms in total. The Morgan fingerprint density at radius 3 is 2.31 bits per heavy atom. The highest BCUT2D eigenvalue weighted by molar-refractivity contribution is 6.53. The summed E-state index contributed by atoms with van der Waals surface area (Å²) in [5, 5.41) is 16.8. The molecule has 0 aliphatic carbocycles. The van der Waals surface area contributed by atoms with Gasteiger partial charge in [-0.1, -0.05) is 59.6 Å². The van der Waals surface area contributed by atoms with Gasteiger partial charge in [-0.3, -0.25) is 14.4 Å². The standard InChI is InChI=1S/C26H19Cl2N3O5/c1-14-6-11-17(13-19(14)27)31-24(33)22(28)23(25(31)34)29-16-9-7-15(8-10-16)12-21(32)30-20-5-3-2-4-18(20)26(35)36/h2-11,13,29H,12H2,1H3,(H,30,32)(H,35,36)/p-1. The van der Waals surface area contributed by atoms with Crippen LogP contribution in [0.15, 0.2) is 77.5 Å². The summed E-state index contributed by atoms with van der Waals surface area (Å²) in [4.78, 5) is 50.1. The van der Waals surface area contributed by atoms with Crippen LogP contribution in [0, 0.1) is 6.92 Å². The molecule has 0 unspecified atom stereocenters. The summed E-state index contributed by atoms with van der Waals surface area (Å²) in [6, 6.07) is 17.3. The first-order chi connectivity index (χ1) is 17.2. The number of carboxylic acid groups (broad SMARTS) is 1. The topological polar surface area (TPSA) is 119 Å². The van der Waals surface area contributed by atoms with Crippen molar-refractivity contribution in [1.29, 1.82) is 0 Å². The number of halogens is 2. The number of hydrogen-bond donors (Lipinski definition) is 2. The first-order valence-electron chi connectivity index (χ1n) is 10.7. The van der Waals surface area contributed by atoms with E-state index in [0.29, 0.717) is 22.0 Å². The Kier molecular flexibility index (Phi) is 7.10. The van der Waals surface area contributed by atoms with Gasteiger partial charge in [0.1, 0.15) is 10.7 Å². The quantitative estimate of drug-likeness (QED) is 0.457. The molecule has 1 heterocycles. The van der Waals surface area contributed by atoms with Crippen LogP contribution >= 0.6 is 23.2 Å². The fraction of sp³-hybridized carbons (Fsp3) is 0.0769. The lowest BCUT2D eigenvalue weighted by molar-refractivity contribution is -0.254. The highest BCUT2D eigenvalue weighted by Gasteiger charge is 2.39. The van der Waals surface area contributed by atoms with Crippen LogP contribution in [0.4, 0.5) is 17.1 Å². The molecule has 1 aliphatic rings. The van der Waals surface area contributed by atoms with Gasteiger partial charge in [0.25, 0.3) is 11.8 Å². The second-order valence-electron chi connectivity index (χ2n) is 7.95. The molecule has 0 atom stereocenters. The van der Waals surface area contributed by atoms with Gasteiger partial charge in [0.15, 0.2) is 0 Å². The summed E-state index contributed by atoms with van der Waals surface area (Å²) in [6.07, 6.45) is -0.0233. The van der Waals surface area contributed by atoms with E-state index in [0.717, 1.165) is 10.5 Å². The number of benzene rings is 3. The first kappa shape index (κ1) is 25.0. The first-order valence-corrected chi connectivity index (χ1v) is 11.4. The number of carbonyl (C=O) groups is 4. The second kappa shape index (κ2) is 10.2. The van der Waals surface area contributed by atoms with E-state index in [4.69, 9.17) is 23.2 Å². The fourth-order valence-electron chi connectivity index (χ4n) is 3.57. The Morgan fingerprint density at radius 2 is 1.64 bits per heavy atom. The van der Waals surface area contributed by atoms with Crippen molar-refractivity contribution in [3.05, 3.63) is 99.2 Å². The third-order valence-corrected chi connectivity index (χ3v) is 6.21. The van der Waals surface area contributed by atoms with Crippen molar-refractivity contribution in [2.75, 3.05) is 15.5 Å². The fourth-order valence-corrected chi connectivity index (χ4v) is 3.95. The Bertz CT molecular complexity index is 1430. The Balaban J connectivity index is 1.44. The molecule has 4 rings (SSSR count). The van der Waals surface area contributed by atoms with Crippen LogP contribution < -0.4 is 20.6 Å². The largest absolute Gasteiger partial charge is 0.545 e. The van der Waals surface area contributed by atoms with Crippen molar-refractivity contribution >= 4 is 64.0 Å². The molecule has 0 radical (unpaired) electrons. The number of hydrogen-bond acceptors (Lipinski definition) is 6. The van der Waals surface area contributed by atoms with E-state index in [9.17, 15) is 24.3 Å². The molecule has 0 saturated carbocycles. The Labute approximate surface area is 216 Å². The zero-order valence-corrected chi connectivity index (χ0v) is 20.3. The number of aromatic carboxylic acids is 1. The van der Waals surface area contributed by atoms with E-state index >= 15 is 0 Å². The number of carbonyl (C=O) groups excluding carboxylic acids is 4. The van der Waals surface area contributed by atoms with Crippen LogP contribution in [0.5, 0.6) is 0 Å². The van der Waals surface area contributed by atoms with Gasteiger partial charge >= 0.3 is 0 Å². The van der Waals surface area contributed by atoms with Crippen LogP contribution in [0.25, 0.3) is 0 Å². The van der Waals surface area contributed by atoms with Crippen molar-refractivity contribution in [3.8, 4) is 0 Å². The van der Waals surface area contributed by atoms with Crippen molar-refractivity contribution in [2.24, 2.45) is 0 Å². The van der Waals surface area contributed by atoms with Gasteiger partial charge in [0.05, 0.1) is 18.1 Å². The lowest BCUT2D eigenvalue weighted by Crippen LogP contribution is -2.32. The Morgan fingerprint density at radius 1 is 0.944 bits per heavy atom. The number of nitrogens with one attached hydrogen (secondary N) is 2. The molecule has 3 aromatic rings. The summed E-state index contributed by atoms with van der Waals surface area (Å²) in [7, 11) is 0. The molecule has 182 valence electrons. The normalized spacial score (nSPS) is 13.2. The van der Waals surface area contributed by atoms with Crippen LogP contribution in [-0.4, -0.2) is 23.7 Å². The maximum Gasteiger partial charge on any atom is 0.283 e. The van der Waals surface area contributed by atoms with E-state index < -0.39 is 23.7 Å². The minimum atomic E-state index is -1.39. The van der Waals surface area contributed by atoms with Crippen LogP contribution in [0.3, 0.4) is 0 Å². The maximum absolute atomic E-state index is 12.9. The second-order valence-corrected chi connectivity index (χ2v) is 8.73. The van der Waals surface area contributed by atoms with Crippen LogP contribution in [-0.2, 0) is 20.8 Å². The van der Waals surface area contributed by atoms with Crippen molar-refractivity contribution in [3.63, 3.8) is 0 Å². The van der Waals surface area contributed by atoms with E-state index in [-0.39, 0.29) is 28.4 Å². The zero-order chi connectivity index (χ0) is 26.0. The van der Waals surface area contributed by atoms with Gasteiger partial charge in [-0.15, -0.1) is 0 Å². The highest BCUT2D eigenvalue weighted by Crippen LogP contribution is 2.32. The molecule has 3 aromatic carbocycles. The van der Waals surface area contributed by atoms with Gasteiger partial charge in [-0.05, 0) is 48.4 Å². The van der Waals surface area contributed by atoms with Crippen molar-refractivity contribution in [1.82, 2.24) is 0 Å². The molecule has 0 fully saturated rings. The van der Waals surface area contributed by atoms with E-state index in [1.807, 2.05) is 0 Å². The van der Waals surface area contributed by atoms with Crippen molar-refractivity contribution < 1.29 is 24.3 Å². The monoisotopic (exact) mass is 522 g/mol. The molecule has 0 bridgehead atoms. The van der Waals surface area contributed by atoms with Gasteiger partial charge in [-0.25, -0.2) is 4.90 Å². The molecule has 0 aromatic heterocycles. The number of rotatable bonds is 7. The number of amides is 3. The third kappa shape index (κ3) is 5.10. The zero-order valence-electron chi connectivity index (χ0n) is 18.8. The van der Waals surface area contributed by atoms with E-state index in [1.54, 1.807) is 49.4 Å². The minimum Gasteiger partial charge on any atom is -0.545 e. The van der Waals surface area contributed by atoms with Gasteiger partial charge < -0.3 is 20.5 Å². The highest BCUT2D eigenvalue weighted by atomic mass is 35.5. The number of imide groups is 1. The van der Waals surface area contributed by atoms with Crippen LogP contribution in [0.2, 0.25) is 5.02 Å². The van der Waals surface area contributed by atoms with Crippen LogP contribution in [0.1, 0.15) is 21.5 Å². The molecule has 3 amide bonds. The predicted molar refractivity (Wildman–Crippen MR) is 135 cm³/mol. The number of aryl methyl sites for hydroxylation is 1. The molecule has 0 spiro atoms. The molecular formula is C26H18Cl2N3O5-. The molecule has 0 saturated heterocycles. The summed E-state index contributed by atoms with van der Waals surface area (Å²) in [5.74, 6) is -3.11. The SMILES string of the molecule is Cc1ccc(N2C(=O)C(Cl)=C(Nc3ccc(CC(=O)Nc4ccccc4C(=O)[O-])cc3)C2=O)cc1Cl. The number of anilines is 3. The third-order valence-electron chi connectivity index (χ3n) is 5.45. The summed E-state index contributed by atoms with van der Waals surface area (Å²) < 4.78 is 0. The molecule has 1 aliphatic heterocycles. The van der Waals surface area contributed by atoms with Gasteiger partial charge in [0.2, 0.25) is 5.91 Å². The van der Waals surface area contributed by atoms with E-state index in [1.165, 1.54) is 24.3 Å². The summed E-state index contributed by atoms with van der Waals surface area (Å²) in [5.41, 5.74) is 2.15. The molecule has 10 heteroatoms. The molecule has 2 N–H and O–H groups in total. The molecular weight excluding hydrogens is 505 g/mol. The predicted octanol–water partition coefficient (Wildman–Crippen LogP) is 3.63. The molecule has 36 heavy (non-hydrogen) atoms. The Hall–Kier alpha value is -4.14. The van der Waals surface area contributed by atoms with E-state index in [2.05, 4.69) is 10.6 Å². The van der Waals surface area contributed by atoms with Crippen molar-refractivity contribution in [2.45, 2.75) is 13.3 Å². The minimum absolute atomic E-state index is 0.0233. The lowest BCUT2D eigenvalue weighted by Gasteiger charge is -2.16. The van der Waals surface area contributed by atoms with Gasteiger partial charge in [0, 0.05) is 22.0 Å². The maximum atomic E-state index is 12.9. The summed E-state index contributed by atoms with van der Waals surface area (Å²) in [6.45, 7) is 1.80. The lowest BCUT2D eigenvalue weighted by atomic mass is 10.1. The number of carboxylic acids is 1. The number of para-hydroxylation sites is 1. The average Bonchev–Trinajstić information content (AvgIpc) is 3.05. The average molecular weight is 523 g/mol. The number of nitrogens with zero attached hydrogens (tertiary/aromatic N) is 1.